The van der Waals surface area contributed by atoms with E-state index in [0.29, 0.717) is 30.5 Å². The first-order chi connectivity index (χ1) is 9.19. The lowest BCUT2D eigenvalue weighted by Gasteiger charge is -2.28. The number of nitrogens with two attached hydrogens (primary N) is 1. The van der Waals surface area contributed by atoms with Crippen LogP contribution in [-0.4, -0.2) is 33.2 Å². The maximum atomic E-state index is 12.7. The summed E-state index contributed by atoms with van der Waals surface area (Å²) in [5, 5.41) is 4.14. The van der Waals surface area contributed by atoms with E-state index in [2.05, 4.69) is 11.7 Å². The van der Waals surface area contributed by atoms with Crippen LogP contribution in [0.1, 0.15) is 43.1 Å². The summed E-state index contributed by atoms with van der Waals surface area (Å²) in [6.45, 7) is 6.92. The van der Waals surface area contributed by atoms with Gasteiger partial charge in [0.15, 0.2) is 0 Å². The monoisotopic (exact) mass is 262 g/mol. The number of amides is 1. The Hall–Kier alpha value is -1.78. The molecule has 0 radical (unpaired) electrons. The molecular formula is C14H22N4O. The van der Waals surface area contributed by atoms with Crippen LogP contribution in [0, 0.1) is 0 Å². The van der Waals surface area contributed by atoms with E-state index in [9.17, 15) is 4.79 Å². The van der Waals surface area contributed by atoms with Crippen LogP contribution in [0.25, 0.3) is 0 Å². The summed E-state index contributed by atoms with van der Waals surface area (Å²) in [5.41, 5.74) is 6.86. The molecule has 1 aliphatic rings. The van der Waals surface area contributed by atoms with Gasteiger partial charge in [0, 0.05) is 19.1 Å². The van der Waals surface area contributed by atoms with Crippen LogP contribution < -0.4 is 5.73 Å². The topological polar surface area (TPSA) is 64.2 Å². The number of aryl methyl sites for hydroxylation is 1. The zero-order valence-electron chi connectivity index (χ0n) is 11.5. The molecule has 1 aromatic rings. The Bertz CT molecular complexity index is 460. The molecule has 1 saturated carbocycles. The van der Waals surface area contributed by atoms with Crippen molar-refractivity contribution in [3.8, 4) is 0 Å². The summed E-state index contributed by atoms with van der Waals surface area (Å²) < 4.78 is 1.67. The number of carbonyl (C=O) groups excluding carboxylic acids is 1. The van der Waals surface area contributed by atoms with Crippen molar-refractivity contribution >= 4 is 11.6 Å². The van der Waals surface area contributed by atoms with Crippen LogP contribution in [0.3, 0.4) is 0 Å². The average molecular weight is 262 g/mol. The Labute approximate surface area is 114 Å². The van der Waals surface area contributed by atoms with Gasteiger partial charge in [0.2, 0.25) is 0 Å². The smallest absolute Gasteiger partial charge is 0.274 e. The van der Waals surface area contributed by atoms with Crippen molar-refractivity contribution in [2.24, 2.45) is 0 Å². The van der Waals surface area contributed by atoms with Crippen LogP contribution >= 0.6 is 0 Å². The summed E-state index contributed by atoms with van der Waals surface area (Å²) in [6, 6.07) is 0.310. The number of aromatic nitrogens is 2. The van der Waals surface area contributed by atoms with Crippen LogP contribution in [0.5, 0.6) is 0 Å². The second kappa shape index (κ2) is 5.91. The number of anilines is 1. The second-order valence-corrected chi connectivity index (χ2v) is 4.95. The molecule has 1 fully saturated rings. The molecule has 5 heteroatoms. The molecule has 2 N–H and O–H groups in total. The van der Waals surface area contributed by atoms with E-state index < -0.39 is 0 Å². The van der Waals surface area contributed by atoms with Gasteiger partial charge in [-0.2, -0.15) is 5.10 Å². The minimum atomic E-state index is -0.0244. The van der Waals surface area contributed by atoms with E-state index in [4.69, 9.17) is 5.73 Å². The third-order valence-electron chi connectivity index (χ3n) is 3.72. The summed E-state index contributed by atoms with van der Waals surface area (Å²) in [6.07, 6.45) is 7.85. The Morgan fingerprint density at radius 1 is 1.63 bits per heavy atom. The predicted molar refractivity (Wildman–Crippen MR) is 75.8 cm³/mol. The minimum absolute atomic E-state index is 0.0244. The third kappa shape index (κ3) is 2.64. The lowest BCUT2D eigenvalue weighted by molar-refractivity contribution is 0.0695. The minimum Gasteiger partial charge on any atom is -0.396 e. The number of nitrogen functional groups attached to an aromatic ring is 1. The van der Waals surface area contributed by atoms with Gasteiger partial charge in [0.25, 0.3) is 5.91 Å². The molecule has 0 aromatic carbocycles. The molecule has 0 bridgehead atoms. The van der Waals surface area contributed by atoms with Crippen molar-refractivity contribution in [3.63, 3.8) is 0 Å². The van der Waals surface area contributed by atoms with Crippen LogP contribution in [-0.2, 0) is 6.54 Å². The van der Waals surface area contributed by atoms with E-state index >= 15 is 0 Å². The molecule has 5 nitrogen and oxygen atoms in total. The number of hydrogen-bond donors (Lipinski definition) is 1. The van der Waals surface area contributed by atoms with Crippen LogP contribution in [0.2, 0.25) is 0 Å². The first-order valence-corrected chi connectivity index (χ1v) is 6.92. The second-order valence-electron chi connectivity index (χ2n) is 4.95. The van der Waals surface area contributed by atoms with Crippen LogP contribution in [0.4, 0.5) is 5.69 Å². The number of rotatable bonds is 5. The Morgan fingerprint density at radius 3 is 2.89 bits per heavy atom. The molecular weight excluding hydrogens is 240 g/mol. The van der Waals surface area contributed by atoms with Gasteiger partial charge >= 0.3 is 0 Å². The highest BCUT2D eigenvalue weighted by Crippen LogP contribution is 2.26. The first-order valence-electron chi connectivity index (χ1n) is 6.92. The maximum Gasteiger partial charge on any atom is 0.274 e. The fourth-order valence-electron chi connectivity index (χ4n) is 2.76. The zero-order valence-corrected chi connectivity index (χ0v) is 11.5. The highest BCUT2D eigenvalue weighted by molar-refractivity contribution is 5.97. The van der Waals surface area contributed by atoms with Gasteiger partial charge in [0.05, 0.1) is 11.9 Å². The molecule has 2 rings (SSSR count). The van der Waals surface area contributed by atoms with Crippen LogP contribution in [0.15, 0.2) is 18.9 Å². The van der Waals surface area contributed by atoms with Crippen molar-refractivity contribution in [1.29, 1.82) is 0 Å². The average Bonchev–Trinajstić information content (AvgIpc) is 3.04. The van der Waals surface area contributed by atoms with Crippen molar-refractivity contribution in [1.82, 2.24) is 14.7 Å². The van der Waals surface area contributed by atoms with Gasteiger partial charge in [-0.15, -0.1) is 6.58 Å². The van der Waals surface area contributed by atoms with Crippen molar-refractivity contribution < 1.29 is 4.79 Å². The maximum absolute atomic E-state index is 12.7. The molecule has 0 unspecified atom stereocenters. The fraction of sp³-hybridized carbons (Fsp3) is 0.571. The van der Waals surface area contributed by atoms with Gasteiger partial charge in [-0.25, -0.2) is 0 Å². The standard InChI is InChI=1S/C14H22N4O/c1-3-9-17(11-7-5-6-8-11)14(19)13-12(15)10-16-18(13)4-2/h3,10-11H,1,4-9,15H2,2H3. The normalized spacial score (nSPS) is 15.6. The summed E-state index contributed by atoms with van der Waals surface area (Å²) >= 11 is 0. The van der Waals surface area contributed by atoms with Crippen molar-refractivity contribution in [2.45, 2.75) is 45.2 Å². The Kier molecular flexibility index (Phi) is 4.24. The molecule has 19 heavy (non-hydrogen) atoms. The molecule has 1 heterocycles. The van der Waals surface area contributed by atoms with E-state index in [0.717, 1.165) is 12.8 Å². The SMILES string of the molecule is C=CCN(C(=O)c1c(N)cnn1CC)C1CCCC1. The van der Waals surface area contributed by atoms with E-state index in [-0.39, 0.29) is 5.91 Å². The zero-order chi connectivity index (χ0) is 13.8. The van der Waals surface area contributed by atoms with Gasteiger partial charge < -0.3 is 10.6 Å². The predicted octanol–water partition coefficient (Wildman–Crippen LogP) is 2.06. The molecule has 1 aromatic heterocycles. The highest BCUT2D eigenvalue weighted by Gasteiger charge is 2.29. The van der Waals surface area contributed by atoms with E-state index in [1.807, 2.05) is 11.8 Å². The fourth-order valence-corrected chi connectivity index (χ4v) is 2.76. The quantitative estimate of drug-likeness (QED) is 0.826. The lowest BCUT2D eigenvalue weighted by atomic mass is 10.2. The third-order valence-corrected chi connectivity index (χ3v) is 3.72. The highest BCUT2D eigenvalue weighted by atomic mass is 16.2. The summed E-state index contributed by atoms with van der Waals surface area (Å²) in [7, 11) is 0. The van der Waals surface area contributed by atoms with Gasteiger partial charge in [-0.05, 0) is 19.8 Å². The molecule has 0 aliphatic heterocycles. The van der Waals surface area contributed by atoms with Crippen molar-refractivity contribution in [3.05, 3.63) is 24.5 Å². The Morgan fingerprint density at radius 2 is 2.32 bits per heavy atom. The number of hydrogen-bond acceptors (Lipinski definition) is 3. The molecule has 104 valence electrons. The molecule has 0 atom stereocenters. The van der Waals surface area contributed by atoms with E-state index in [1.165, 1.54) is 12.8 Å². The molecule has 0 spiro atoms. The summed E-state index contributed by atoms with van der Waals surface area (Å²) in [5.74, 6) is -0.0244. The lowest BCUT2D eigenvalue weighted by Crippen LogP contribution is -2.40. The first kappa shape index (κ1) is 13.6. The summed E-state index contributed by atoms with van der Waals surface area (Å²) in [4.78, 5) is 14.6. The van der Waals surface area contributed by atoms with Gasteiger partial charge in [-0.1, -0.05) is 18.9 Å². The van der Waals surface area contributed by atoms with Gasteiger partial charge in [0.1, 0.15) is 5.69 Å². The molecule has 1 aliphatic carbocycles. The van der Waals surface area contributed by atoms with E-state index in [1.54, 1.807) is 17.0 Å². The number of carbonyl (C=O) groups is 1. The van der Waals surface area contributed by atoms with Crippen molar-refractivity contribution in [2.75, 3.05) is 12.3 Å². The van der Waals surface area contributed by atoms with Gasteiger partial charge in [-0.3, -0.25) is 9.48 Å². The number of nitrogens with zero attached hydrogens (tertiary/aromatic N) is 3. The Balaban J connectivity index is 2.27. The molecule has 1 amide bonds. The largest absolute Gasteiger partial charge is 0.396 e. The molecule has 0 saturated heterocycles.